The van der Waals surface area contributed by atoms with Gasteiger partial charge in [-0.2, -0.15) is 0 Å². The first-order valence-corrected chi connectivity index (χ1v) is 4.08. The highest BCUT2D eigenvalue weighted by molar-refractivity contribution is 9.10. The van der Waals surface area contributed by atoms with Gasteiger partial charge in [0.2, 0.25) is 0 Å². The van der Waals surface area contributed by atoms with Crippen LogP contribution < -0.4 is 10.5 Å². The molecule has 0 aliphatic rings. The molecule has 2 N–H and O–H groups in total. The number of nitrogens with two attached hydrogens (primary N) is 1. The maximum atomic E-state index is 11.7. The van der Waals surface area contributed by atoms with Crippen molar-refractivity contribution in [2.75, 3.05) is 12.3 Å². The summed E-state index contributed by atoms with van der Waals surface area (Å²) >= 11 is 3.01. The van der Waals surface area contributed by atoms with Crippen LogP contribution in [0.2, 0.25) is 0 Å². The molecule has 0 aliphatic heterocycles. The van der Waals surface area contributed by atoms with E-state index < -0.39 is 13.0 Å². The third-order valence-corrected chi connectivity index (χ3v) is 1.47. The Morgan fingerprint density at radius 3 is 2.92 bits per heavy atom. The molecular weight excluding hydrogens is 248 g/mol. The zero-order valence-corrected chi connectivity index (χ0v) is 7.96. The van der Waals surface area contributed by atoms with Crippen LogP contribution in [0, 0.1) is 0 Å². The van der Waals surface area contributed by atoms with Crippen LogP contribution in [-0.2, 0) is 0 Å². The van der Waals surface area contributed by atoms with Gasteiger partial charge in [0, 0.05) is 0 Å². The Kier molecular flexibility index (Phi) is 3.35. The largest absolute Gasteiger partial charge is 0.469 e. The molecule has 4 nitrogen and oxygen atoms in total. The van der Waals surface area contributed by atoms with Crippen LogP contribution in [0.25, 0.3) is 0 Å². The lowest BCUT2D eigenvalue weighted by Gasteiger charge is -2.05. The van der Waals surface area contributed by atoms with Crippen LogP contribution in [0.15, 0.2) is 10.8 Å². The second-order valence-electron chi connectivity index (χ2n) is 2.09. The zero-order valence-electron chi connectivity index (χ0n) is 6.38. The molecule has 72 valence electrons. The number of nitrogens with zero attached hydrogens (tertiary/aromatic N) is 2. The van der Waals surface area contributed by atoms with E-state index in [2.05, 4.69) is 30.6 Å². The van der Waals surface area contributed by atoms with Gasteiger partial charge < -0.3 is 10.5 Å². The lowest BCUT2D eigenvalue weighted by atomic mass is 10.6. The fourth-order valence-electron chi connectivity index (χ4n) is 0.609. The van der Waals surface area contributed by atoms with Crippen molar-refractivity contribution in [3.8, 4) is 5.88 Å². The van der Waals surface area contributed by atoms with Crippen molar-refractivity contribution in [2.45, 2.75) is 6.43 Å². The molecule has 0 fully saturated rings. The number of nitrogen functional groups attached to an aromatic ring is 1. The number of rotatable bonds is 3. The SMILES string of the molecule is Nc1ncc(Br)nc1OCC(F)F. The number of ether oxygens (including phenoxy) is 1. The molecule has 0 amide bonds. The first-order valence-electron chi connectivity index (χ1n) is 3.28. The number of hydrogen-bond donors (Lipinski definition) is 1. The molecule has 7 heteroatoms. The minimum absolute atomic E-state index is 0.0103. The van der Waals surface area contributed by atoms with Gasteiger partial charge in [-0.15, -0.1) is 0 Å². The maximum Gasteiger partial charge on any atom is 0.272 e. The molecule has 13 heavy (non-hydrogen) atoms. The smallest absolute Gasteiger partial charge is 0.272 e. The van der Waals surface area contributed by atoms with E-state index in [1.807, 2.05) is 0 Å². The first-order chi connectivity index (χ1) is 6.09. The van der Waals surface area contributed by atoms with E-state index in [1.54, 1.807) is 0 Å². The van der Waals surface area contributed by atoms with Gasteiger partial charge in [-0.3, -0.25) is 0 Å². The van der Waals surface area contributed by atoms with Crippen molar-refractivity contribution in [3.63, 3.8) is 0 Å². The number of aromatic nitrogens is 2. The highest BCUT2D eigenvalue weighted by Crippen LogP contribution is 2.18. The summed E-state index contributed by atoms with van der Waals surface area (Å²) in [7, 11) is 0. The molecule has 0 spiro atoms. The van der Waals surface area contributed by atoms with E-state index in [9.17, 15) is 8.78 Å². The second-order valence-corrected chi connectivity index (χ2v) is 2.90. The third-order valence-electron chi connectivity index (χ3n) is 1.08. The van der Waals surface area contributed by atoms with Crippen molar-refractivity contribution >= 4 is 21.7 Å². The Morgan fingerprint density at radius 2 is 2.31 bits per heavy atom. The summed E-state index contributed by atoms with van der Waals surface area (Å²) in [4.78, 5) is 7.37. The number of hydrogen-bond acceptors (Lipinski definition) is 4. The monoisotopic (exact) mass is 253 g/mol. The lowest BCUT2D eigenvalue weighted by molar-refractivity contribution is 0.0797. The van der Waals surface area contributed by atoms with Gasteiger partial charge in [0.25, 0.3) is 12.3 Å². The third kappa shape index (κ3) is 3.10. The summed E-state index contributed by atoms with van der Waals surface area (Å²) in [5.74, 6) is -0.0986. The van der Waals surface area contributed by atoms with Gasteiger partial charge in [0.05, 0.1) is 6.20 Å². The number of anilines is 1. The molecule has 0 aromatic carbocycles. The molecule has 1 aromatic heterocycles. The topological polar surface area (TPSA) is 61.0 Å². The summed E-state index contributed by atoms with van der Waals surface area (Å²) < 4.78 is 28.4. The van der Waals surface area contributed by atoms with Crippen molar-refractivity contribution < 1.29 is 13.5 Å². The highest BCUT2D eigenvalue weighted by Gasteiger charge is 2.08. The lowest BCUT2D eigenvalue weighted by Crippen LogP contribution is -2.10. The highest BCUT2D eigenvalue weighted by atomic mass is 79.9. The predicted molar refractivity (Wildman–Crippen MR) is 45.6 cm³/mol. The average Bonchev–Trinajstić information content (AvgIpc) is 2.06. The van der Waals surface area contributed by atoms with E-state index in [0.717, 1.165) is 0 Å². The van der Waals surface area contributed by atoms with Gasteiger partial charge in [-0.25, -0.2) is 18.7 Å². The van der Waals surface area contributed by atoms with Gasteiger partial charge in [-0.1, -0.05) is 0 Å². The maximum absolute atomic E-state index is 11.7. The molecule has 0 saturated carbocycles. The van der Waals surface area contributed by atoms with Crippen molar-refractivity contribution in [1.29, 1.82) is 0 Å². The first kappa shape index (κ1) is 10.1. The van der Waals surface area contributed by atoms with E-state index in [1.165, 1.54) is 6.20 Å². The van der Waals surface area contributed by atoms with Gasteiger partial charge in [0.15, 0.2) is 12.4 Å². The molecule has 0 atom stereocenters. The van der Waals surface area contributed by atoms with Crippen LogP contribution in [0.5, 0.6) is 5.88 Å². The Labute approximate surface area is 81.3 Å². The van der Waals surface area contributed by atoms with Gasteiger partial charge >= 0.3 is 0 Å². The summed E-state index contributed by atoms with van der Waals surface area (Å²) in [6.45, 7) is -0.741. The summed E-state index contributed by atoms with van der Waals surface area (Å²) in [6.07, 6.45) is -1.20. The predicted octanol–water partition coefficient (Wildman–Crippen LogP) is 1.47. The molecule has 0 saturated heterocycles. The van der Waals surface area contributed by atoms with Crippen LogP contribution in [0.4, 0.5) is 14.6 Å². The summed E-state index contributed by atoms with van der Waals surface area (Å²) in [5, 5.41) is 0. The van der Waals surface area contributed by atoms with E-state index in [0.29, 0.717) is 4.60 Å². The van der Waals surface area contributed by atoms with E-state index >= 15 is 0 Å². The number of halogens is 3. The average molecular weight is 254 g/mol. The standard InChI is InChI=1S/C6H6BrF2N3O/c7-3-1-11-5(10)6(12-3)13-2-4(8)9/h1,4H,2H2,(H2,10,11). The van der Waals surface area contributed by atoms with Crippen LogP contribution in [0.1, 0.15) is 0 Å². The quantitative estimate of drug-likeness (QED) is 0.887. The Balaban J connectivity index is 2.70. The van der Waals surface area contributed by atoms with Crippen LogP contribution >= 0.6 is 15.9 Å². The Bertz CT molecular complexity index is 297. The molecule has 1 rings (SSSR count). The molecule has 1 heterocycles. The van der Waals surface area contributed by atoms with Gasteiger partial charge in [0.1, 0.15) is 4.60 Å². The fourth-order valence-corrected chi connectivity index (χ4v) is 0.873. The molecule has 0 bridgehead atoms. The number of alkyl halides is 2. The van der Waals surface area contributed by atoms with E-state index in [-0.39, 0.29) is 11.7 Å². The van der Waals surface area contributed by atoms with Crippen molar-refractivity contribution in [2.24, 2.45) is 0 Å². The molecule has 1 aromatic rings. The van der Waals surface area contributed by atoms with E-state index in [4.69, 9.17) is 5.73 Å². The van der Waals surface area contributed by atoms with Crippen molar-refractivity contribution in [3.05, 3.63) is 10.8 Å². The molecule has 0 aliphatic carbocycles. The second kappa shape index (κ2) is 4.31. The minimum Gasteiger partial charge on any atom is -0.469 e. The summed E-state index contributed by atoms with van der Waals surface area (Å²) in [6, 6.07) is 0. The summed E-state index contributed by atoms with van der Waals surface area (Å²) in [5.41, 5.74) is 5.31. The normalized spacial score (nSPS) is 10.5. The van der Waals surface area contributed by atoms with Crippen LogP contribution in [0.3, 0.4) is 0 Å². The molecular formula is C6H6BrF2N3O. The Hall–Kier alpha value is -0.980. The zero-order chi connectivity index (χ0) is 9.84. The fraction of sp³-hybridized carbons (Fsp3) is 0.333. The minimum atomic E-state index is -2.56. The molecule has 0 unspecified atom stereocenters. The van der Waals surface area contributed by atoms with Crippen molar-refractivity contribution in [1.82, 2.24) is 9.97 Å². The molecule has 0 radical (unpaired) electrons. The van der Waals surface area contributed by atoms with Gasteiger partial charge in [-0.05, 0) is 15.9 Å². The Morgan fingerprint density at radius 1 is 1.62 bits per heavy atom. The van der Waals surface area contributed by atoms with Crippen LogP contribution in [-0.4, -0.2) is 23.0 Å².